The maximum Gasteiger partial charge on any atom is 0.225 e. The normalized spacial score (nSPS) is 24.8. The first-order valence-corrected chi connectivity index (χ1v) is 11.0. The molecule has 2 aliphatic heterocycles. The van der Waals surface area contributed by atoms with Crippen LogP contribution in [0.4, 0.5) is 0 Å². The standard InChI is InChI=1S/C19H26N2O3S/c1-25(23,24)21-9-7-16(8-10-21)18(22)20-13-19(14-20)11-17(12-19)15-5-3-2-4-6-15/h2-6,16-17H,7-14H2,1H3. The van der Waals surface area contributed by atoms with E-state index in [1.165, 1.54) is 29.0 Å². The summed E-state index contributed by atoms with van der Waals surface area (Å²) in [6.45, 7) is 2.73. The summed E-state index contributed by atoms with van der Waals surface area (Å²) in [6.07, 6.45) is 4.93. The van der Waals surface area contributed by atoms with Crippen LogP contribution in [-0.2, 0) is 14.8 Å². The molecule has 6 heteroatoms. The third-order valence-electron chi connectivity index (χ3n) is 6.27. The van der Waals surface area contributed by atoms with Crippen LogP contribution in [-0.4, -0.2) is 56.0 Å². The average Bonchev–Trinajstić information content (AvgIpc) is 2.52. The molecule has 0 N–H and O–H groups in total. The van der Waals surface area contributed by atoms with E-state index >= 15 is 0 Å². The highest BCUT2D eigenvalue weighted by molar-refractivity contribution is 7.88. The number of carbonyl (C=O) groups is 1. The van der Waals surface area contributed by atoms with E-state index in [0.29, 0.717) is 37.3 Å². The van der Waals surface area contributed by atoms with Gasteiger partial charge in [0.05, 0.1) is 6.26 Å². The Hall–Kier alpha value is -1.40. The summed E-state index contributed by atoms with van der Waals surface area (Å²) in [5.41, 5.74) is 1.77. The Morgan fingerprint density at radius 1 is 1.08 bits per heavy atom. The zero-order valence-corrected chi connectivity index (χ0v) is 15.5. The van der Waals surface area contributed by atoms with E-state index in [9.17, 15) is 13.2 Å². The van der Waals surface area contributed by atoms with Gasteiger partial charge in [-0.2, -0.15) is 0 Å². The van der Waals surface area contributed by atoms with E-state index in [0.717, 1.165) is 13.1 Å². The Morgan fingerprint density at radius 2 is 1.68 bits per heavy atom. The van der Waals surface area contributed by atoms with E-state index in [-0.39, 0.29) is 11.8 Å². The topological polar surface area (TPSA) is 57.7 Å². The smallest absolute Gasteiger partial charge is 0.225 e. The maximum atomic E-state index is 12.7. The predicted molar refractivity (Wildman–Crippen MR) is 96.6 cm³/mol. The van der Waals surface area contributed by atoms with E-state index in [4.69, 9.17) is 0 Å². The zero-order chi connectivity index (χ0) is 17.7. The lowest BCUT2D eigenvalue weighted by molar-refractivity contribution is -0.157. The molecule has 1 amide bonds. The summed E-state index contributed by atoms with van der Waals surface area (Å²) in [6, 6.07) is 10.7. The fourth-order valence-electron chi connectivity index (χ4n) is 4.82. The van der Waals surface area contributed by atoms with Crippen LogP contribution in [0, 0.1) is 11.3 Å². The minimum Gasteiger partial charge on any atom is -0.341 e. The van der Waals surface area contributed by atoms with Crippen LogP contribution >= 0.6 is 0 Å². The zero-order valence-electron chi connectivity index (χ0n) is 14.7. The Kier molecular flexibility index (Phi) is 4.15. The summed E-state index contributed by atoms with van der Waals surface area (Å²) in [5.74, 6) is 0.888. The maximum absolute atomic E-state index is 12.7. The van der Waals surface area contributed by atoms with Gasteiger partial charge in [0, 0.05) is 37.5 Å². The van der Waals surface area contributed by atoms with Gasteiger partial charge in [0.15, 0.2) is 0 Å². The molecule has 5 nitrogen and oxygen atoms in total. The largest absolute Gasteiger partial charge is 0.341 e. The van der Waals surface area contributed by atoms with Gasteiger partial charge in [-0.3, -0.25) is 4.79 Å². The van der Waals surface area contributed by atoms with Crippen molar-refractivity contribution in [3.63, 3.8) is 0 Å². The van der Waals surface area contributed by atoms with Gasteiger partial charge in [0.2, 0.25) is 15.9 Å². The van der Waals surface area contributed by atoms with E-state index < -0.39 is 10.0 Å². The van der Waals surface area contributed by atoms with Crippen LogP contribution in [0.1, 0.15) is 37.2 Å². The van der Waals surface area contributed by atoms with Crippen molar-refractivity contribution in [3.8, 4) is 0 Å². The van der Waals surface area contributed by atoms with Crippen molar-refractivity contribution in [1.82, 2.24) is 9.21 Å². The molecule has 136 valence electrons. The molecule has 0 radical (unpaired) electrons. The van der Waals surface area contributed by atoms with Gasteiger partial charge < -0.3 is 4.90 Å². The summed E-state index contributed by atoms with van der Waals surface area (Å²) >= 11 is 0. The average molecular weight is 362 g/mol. The van der Waals surface area contributed by atoms with Crippen LogP contribution in [0.25, 0.3) is 0 Å². The molecule has 1 saturated carbocycles. The van der Waals surface area contributed by atoms with Crippen molar-refractivity contribution in [2.24, 2.45) is 11.3 Å². The van der Waals surface area contributed by atoms with Gasteiger partial charge in [-0.25, -0.2) is 12.7 Å². The lowest BCUT2D eigenvalue weighted by Gasteiger charge is -2.60. The second-order valence-electron chi connectivity index (χ2n) is 8.15. The van der Waals surface area contributed by atoms with Crippen LogP contribution in [0.2, 0.25) is 0 Å². The van der Waals surface area contributed by atoms with Gasteiger partial charge in [0.25, 0.3) is 0 Å². The lowest BCUT2D eigenvalue weighted by atomic mass is 9.56. The van der Waals surface area contributed by atoms with Crippen molar-refractivity contribution >= 4 is 15.9 Å². The molecule has 1 aromatic carbocycles. The third kappa shape index (κ3) is 3.22. The molecule has 1 aliphatic carbocycles. The molecule has 4 rings (SSSR count). The molecule has 1 spiro atoms. The molecule has 3 fully saturated rings. The highest BCUT2D eigenvalue weighted by Gasteiger charge is 2.54. The second-order valence-corrected chi connectivity index (χ2v) is 10.1. The van der Waals surface area contributed by atoms with Crippen LogP contribution in [0.15, 0.2) is 30.3 Å². The molecule has 3 aliphatic rings. The van der Waals surface area contributed by atoms with Gasteiger partial charge in [0.1, 0.15) is 0 Å². The number of sulfonamides is 1. The summed E-state index contributed by atoms with van der Waals surface area (Å²) < 4.78 is 24.6. The first-order valence-electron chi connectivity index (χ1n) is 9.15. The highest BCUT2D eigenvalue weighted by atomic mass is 32.2. The first kappa shape index (κ1) is 17.0. The monoisotopic (exact) mass is 362 g/mol. The predicted octanol–water partition coefficient (Wildman–Crippen LogP) is 2.06. The van der Waals surface area contributed by atoms with Crippen molar-refractivity contribution in [2.45, 2.75) is 31.6 Å². The molecule has 2 saturated heterocycles. The number of rotatable bonds is 3. The number of benzene rings is 1. The number of hydrogen-bond acceptors (Lipinski definition) is 3. The number of carbonyl (C=O) groups excluding carboxylic acids is 1. The molecule has 0 bridgehead atoms. The molecule has 0 atom stereocenters. The fraction of sp³-hybridized carbons (Fsp3) is 0.632. The molecule has 1 aromatic rings. The summed E-state index contributed by atoms with van der Waals surface area (Å²) in [5, 5.41) is 0. The Morgan fingerprint density at radius 3 is 2.24 bits per heavy atom. The summed E-state index contributed by atoms with van der Waals surface area (Å²) in [4.78, 5) is 14.7. The Bertz CT molecular complexity index is 740. The van der Waals surface area contributed by atoms with E-state index in [2.05, 4.69) is 30.3 Å². The number of amides is 1. The number of piperidine rings is 1. The van der Waals surface area contributed by atoms with Gasteiger partial charge >= 0.3 is 0 Å². The third-order valence-corrected chi connectivity index (χ3v) is 7.57. The Labute approximate surface area is 150 Å². The van der Waals surface area contributed by atoms with Crippen molar-refractivity contribution in [2.75, 3.05) is 32.4 Å². The number of nitrogens with zero attached hydrogens (tertiary/aromatic N) is 2. The van der Waals surface area contributed by atoms with Crippen LogP contribution < -0.4 is 0 Å². The van der Waals surface area contributed by atoms with Crippen molar-refractivity contribution in [1.29, 1.82) is 0 Å². The van der Waals surface area contributed by atoms with Crippen LogP contribution in [0.5, 0.6) is 0 Å². The quantitative estimate of drug-likeness (QED) is 0.827. The van der Waals surface area contributed by atoms with Crippen LogP contribution in [0.3, 0.4) is 0 Å². The number of hydrogen-bond donors (Lipinski definition) is 0. The van der Waals surface area contributed by atoms with Crippen molar-refractivity contribution in [3.05, 3.63) is 35.9 Å². The van der Waals surface area contributed by atoms with Gasteiger partial charge in [-0.15, -0.1) is 0 Å². The minimum absolute atomic E-state index is 0.000321. The van der Waals surface area contributed by atoms with E-state index in [1.807, 2.05) is 4.90 Å². The SMILES string of the molecule is CS(=O)(=O)N1CCC(C(=O)N2CC3(CC(c4ccccc4)C3)C2)CC1. The van der Waals surface area contributed by atoms with Crippen molar-refractivity contribution < 1.29 is 13.2 Å². The van der Waals surface area contributed by atoms with E-state index in [1.54, 1.807) is 0 Å². The summed E-state index contributed by atoms with van der Waals surface area (Å²) in [7, 11) is -3.12. The van der Waals surface area contributed by atoms with Gasteiger partial charge in [-0.1, -0.05) is 30.3 Å². The van der Waals surface area contributed by atoms with Gasteiger partial charge in [-0.05, 0) is 37.2 Å². The minimum atomic E-state index is -3.12. The molecular weight excluding hydrogens is 336 g/mol. The molecule has 0 unspecified atom stereocenters. The molecule has 0 aromatic heterocycles. The number of likely N-dealkylation sites (tertiary alicyclic amines) is 1. The molecule has 25 heavy (non-hydrogen) atoms. The Balaban J connectivity index is 1.26. The first-order chi connectivity index (χ1) is 11.9. The highest BCUT2D eigenvalue weighted by Crippen LogP contribution is 2.56. The lowest BCUT2D eigenvalue weighted by Crippen LogP contribution is -2.64. The molecule has 2 heterocycles. The second kappa shape index (κ2) is 6.09. The molecular formula is C19H26N2O3S. The fourth-order valence-corrected chi connectivity index (χ4v) is 5.69.